The zero-order chi connectivity index (χ0) is 14.1. The minimum Gasteiger partial charge on any atom is -0.476 e. The maximum Gasteiger partial charge on any atom is 0.358 e. The summed E-state index contributed by atoms with van der Waals surface area (Å²) in [6.07, 6.45) is 1.64. The lowest BCUT2D eigenvalue weighted by Gasteiger charge is -2.03. The van der Waals surface area contributed by atoms with Gasteiger partial charge in [0.05, 0.1) is 0 Å². The number of hydrogen-bond acceptors (Lipinski definition) is 3. The second-order valence-electron chi connectivity index (χ2n) is 4.06. The first-order valence-electron chi connectivity index (χ1n) is 5.79. The minimum atomic E-state index is -1.09. The van der Waals surface area contributed by atoms with Crippen molar-refractivity contribution >= 4 is 27.5 Å². The van der Waals surface area contributed by atoms with E-state index in [0.717, 1.165) is 4.47 Å². The number of aromatic carboxylic acids is 1. The number of fused-ring (bicyclic) bond motifs is 1. The molecule has 100 valence electrons. The highest BCUT2D eigenvalue weighted by Crippen LogP contribution is 2.26. The van der Waals surface area contributed by atoms with Crippen LogP contribution in [0.5, 0.6) is 11.6 Å². The van der Waals surface area contributed by atoms with E-state index >= 15 is 0 Å². The van der Waals surface area contributed by atoms with Gasteiger partial charge in [-0.25, -0.2) is 4.79 Å². The summed E-state index contributed by atoms with van der Waals surface area (Å²) in [5.74, 6) is -0.485. The highest BCUT2D eigenvalue weighted by atomic mass is 79.9. The molecule has 0 bridgehead atoms. The van der Waals surface area contributed by atoms with E-state index < -0.39 is 5.97 Å². The molecule has 2 heterocycles. The van der Waals surface area contributed by atoms with Crippen LogP contribution in [-0.2, 0) is 0 Å². The van der Waals surface area contributed by atoms with Crippen LogP contribution >= 0.6 is 15.9 Å². The van der Waals surface area contributed by atoms with Gasteiger partial charge in [0.25, 0.3) is 5.88 Å². The maximum atomic E-state index is 11.4. The number of benzene rings is 1. The van der Waals surface area contributed by atoms with Crippen LogP contribution in [0.25, 0.3) is 5.65 Å². The Bertz CT molecular complexity index is 781. The molecule has 0 saturated heterocycles. The predicted octanol–water partition coefficient (Wildman–Crippen LogP) is 3.59. The van der Waals surface area contributed by atoms with Gasteiger partial charge in [-0.15, -0.1) is 0 Å². The first-order chi connectivity index (χ1) is 9.65. The van der Waals surface area contributed by atoms with Crippen molar-refractivity contribution in [2.24, 2.45) is 0 Å². The predicted molar refractivity (Wildman–Crippen MR) is 76.4 cm³/mol. The van der Waals surface area contributed by atoms with Crippen molar-refractivity contribution < 1.29 is 14.6 Å². The number of hydrogen-bond donors (Lipinski definition) is 1. The third-order valence-electron chi connectivity index (χ3n) is 2.73. The molecule has 0 aliphatic carbocycles. The Kier molecular flexibility index (Phi) is 3.15. The first kappa shape index (κ1) is 12.7. The quantitative estimate of drug-likeness (QED) is 0.796. The molecule has 6 heteroatoms. The Hall–Kier alpha value is -2.34. The van der Waals surface area contributed by atoms with Crippen molar-refractivity contribution in [3.05, 3.63) is 58.8 Å². The van der Waals surface area contributed by atoms with Gasteiger partial charge in [0.15, 0.2) is 5.69 Å². The second kappa shape index (κ2) is 4.97. The van der Waals surface area contributed by atoms with Crippen molar-refractivity contribution in [3.63, 3.8) is 0 Å². The Morgan fingerprint density at radius 3 is 2.65 bits per heavy atom. The van der Waals surface area contributed by atoms with Gasteiger partial charge in [-0.1, -0.05) is 22.0 Å². The standard InChI is InChI=1S/C14H9BrN2O3/c15-9-4-6-10(7-5-9)20-13-12(14(18)19)17-8-2-1-3-11(17)16-13/h1-8H,(H,18,19). The summed E-state index contributed by atoms with van der Waals surface area (Å²) in [5.41, 5.74) is 0.528. The molecule has 0 aliphatic rings. The van der Waals surface area contributed by atoms with E-state index in [-0.39, 0.29) is 11.6 Å². The van der Waals surface area contributed by atoms with E-state index in [1.165, 1.54) is 4.40 Å². The van der Waals surface area contributed by atoms with Crippen LogP contribution in [0.2, 0.25) is 0 Å². The van der Waals surface area contributed by atoms with Crippen LogP contribution in [0.15, 0.2) is 53.1 Å². The van der Waals surface area contributed by atoms with E-state index in [4.69, 9.17) is 4.74 Å². The average Bonchev–Trinajstić information content (AvgIpc) is 2.79. The van der Waals surface area contributed by atoms with Gasteiger partial charge < -0.3 is 9.84 Å². The number of halogens is 1. The van der Waals surface area contributed by atoms with E-state index in [1.807, 2.05) is 12.1 Å². The molecule has 20 heavy (non-hydrogen) atoms. The molecule has 1 aromatic carbocycles. The monoisotopic (exact) mass is 332 g/mol. The Morgan fingerprint density at radius 2 is 1.95 bits per heavy atom. The number of aromatic nitrogens is 2. The van der Waals surface area contributed by atoms with Crippen molar-refractivity contribution in [3.8, 4) is 11.6 Å². The number of pyridine rings is 1. The van der Waals surface area contributed by atoms with Crippen molar-refractivity contribution in [1.82, 2.24) is 9.38 Å². The molecule has 0 unspecified atom stereocenters. The van der Waals surface area contributed by atoms with Gasteiger partial charge in [0.1, 0.15) is 11.4 Å². The maximum absolute atomic E-state index is 11.4. The number of rotatable bonds is 3. The third-order valence-corrected chi connectivity index (χ3v) is 3.26. The van der Waals surface area contributed by atoms with Crippen LogP contribution in [0, 0.1) is 0 Å². The summed E-state index contributed by atoms with van der Waals surface area (Å²) in [6.45, 7) is 0. The molecule has 0 aliphatic heterocycles. The molecular formula is C14H9BrN2O3. The number of carboxylic acids is 1. The average molecular weight is 333 g/mol. The molecule has 0 atom stereocenters. The molecular weight excluding hydrogens is 324 g/mol. The number of nitrogens with zero attached hydrogens (tertiary/aromatic N) is 2. The van der Waals surface area contributed by atoms with Crippen LogP contribution in [0.1, 0.15) is 10.5 Å². The highest BCUT2D eigenvalue weighted by Gasteiger charge is 2.20. The Morgan fingerprint density at radius 1 is 1.20 bits per heavy atom. The van der Waals surface area contributed by atoms with E-state index in [9.17, 15) is 9.90 Å². The van der Waals surface area contributed by atoms with Gasteiger partial charge in [-0.05, 0) is 36.4 Å². The van der Waals surface area contributed by atoms with Gasteiger partial charge in [0.2, 0.25) is 0 Å². The van der Waals surface area contributed by atoms with Crippen LogP contribution < -0.4 is 4.74 Å². The molecule has 3 aromatic rings. The summed E-state index contributed by atoms with van der Waals surface area (Å²) in [7, 11) is 0. The third kappa shape index (κ3) is 2.25. The molecule has 2 aromatic heterocycles. The SMILES string of the molecule is O=C(O)c1c(Oc2ccc(Br)cc2)nc2ccccn12. The van der Waals surface area contributed by atoms with Gasteiger partial charge in [-0.2, -0.15) is 4.98 Å². The zero-order valence-corrected chi connectivity index (χ0v) is 11.7. The summed E-state index contributed by atoms with van der Waals surface area (Å²) in [4.78, 5) is 15.6. The lowest BCUT2D eigenvalue weighted by Crippen LogP contribution is -2.03. The van der Waals surface area contributed by atoms with E-state index in [1.54, 1.807) is 36.5 Å². The Balaban J connectivity index is 2.08. The fourth-order valence-corrected chi connectivity index (χ4v) is 2.12. The summed E-state index contributed by atoms with van der Waals surface area (Å²) in [6, 6.07) is 12.3. The van der Waals surface area contributed by atoms with Crippen molar-refractivity contribution in [1.29, 1.82) is 0 Å². The summed E-state index contributed by atoms with van der Waals surface area (Å²) in [5, 5.41) is 9.33. The molecule has 1 N–H and O–H groups in total. The van der Waals surface area contributed by atoms with Crippen molar-refractivity contribution in [2.75, 3.05) is 0 Å². The second-order valence-corrected chi connectivity index (χ2v) is 4.97. The molecule has 0 fully saturated rings. The van der Waals surface area contributed by atoms with Gasteiger partial charge in [-0.3, -0.25) is 4.40 Å². The lowest BCUT2D eigenvalue weighted by atomic mass is 10.3. The summed E-state index contributed by atoms with van der Waals surface area (Å²) < 4.78 is 7.97. The zero-order valence-electron chi connectivity index (χ0n) is 10.2. The smallest absolute Gasteiger partial charge is 0.358 e. The number of imidazole rings is 1. The minimum absolute atomic E-state index is 0.00326. The lowest BCUT2D eigenvalue weighted by molar-refractivity contribution is 0.0686. The molecule has 0 spiro atoms. The fraction of sp³-hybridized carbons (Fsp3) is 0. The van der Waals surface area contributed by atoms with Crippen LogP contribution in [-0.4, -0.2) is 20.5 Å². The number of carboxylic acid groups (broad SMARTS) is 1. The molecule has 0 radical (unpaired) electrons. The molecule has 3 rings (SSSR count). The van der Waals surface area contributed by atoms with Gasteiger partial charge >= 0.3 is 5.97 Å². The van der Waals surface area contributed by atoms with E-state index in [2.05, 4.69) is 20.9 Å². The molecule has 5 nitrogen and oxygen atoms in total. The van der Waals surface area contributed by atoms with Crippen LogP contribution in [0.3, 0.4) is 0 Å². The van der Waals surface area contributed by atoms with Crippen molar-refractivity contribution in [2.45, 2.75) is 0 Å². The van der Waals surface area contributed by atoms with E-state index in [0.29, 0.717) is 11.4 Å². The van der Waals surface area contributed by atoms with Gasteiger partial charge in [0, 0.05) is 10.7 Å². The van der Waals surface area contributed by atoms with Crippen LogP contribution in [0.4, 0.5) is 0 Å². The molecule has 0 saturated carbocycles. The topological polar surface area (TPSA) is 63.8 Å². The number of carbonyl (C=O) groups is 1. The number of ether oxygens (including phenoxy) is 1. The summed E-state index contributed by atoms with van der Waals surface area (Å²) >= 11 is 3.33. The first-order valence-corrected chi connectivity index (χ1v) is 6.58. The highest BCUT2D eigenvalue weighted by molar-refractivity contribution is 9.10. The Labute approximate surface area is 122 Å². The fourth-order valence-electron chi connectivity index (χ4n) is 1.85. The largest absolute Gasteiger partial charge is 0.476 e. The normalized spacial score (nSPS) is 10.7. The molecule has 0 amide bonds.